The summed E-state index contributed by atoms with van der Waals surface area (Å²) >= 11 is 0. The molecular weight excluding hydrogens is 323 g/mol. The van der Waals surface area contributed by atoms with Gasteiger partial charge >= 0.3 is 51.4 Å². The zero-order chi connectivity index (χ0) is 16.4. The molecule has 0 aliphatic carbocycles. The van der Waals surface area contributed by atoms with Gasteiger partial charge in [0.1, 0.15) is 0 Å². The quantitative estimate of drug-likeness (QED) is 0.338. The average Bonchev–Trinajstić information content (AvgIpc) is 2.69. The first-order chi connectivity index (χ1) is 10.4. The molecule has 1 fully saturated rings. The molecule has 1 saturated heterocycles. The van der Waals surface area contributed by atoms with Crippen molar-refractivity contribution >= 4 is 23.1 Å². The SMILES string of the molecule is CC1C(c2ccc(N)cc2)=C(C(=O)[O-])N2C(=O)CC12.CCO.[K+]. The minimum Gasteiger partial charge on any atom is -0.543 e. The molecule has 2 aliphatic rings. The summed E-state index contributed by atoms with van der Waals surface area (Å²) in [6.45, 7) is 3.87. The molecule has 0 saturated carbocycles. The molecule has 2 heterocycles. The molecule has 0 aromatic heterocycles. The van der Waals surface area contributed by atoms with E-state index in [-0.39, 0.29) is 81.6 Å². The fraction of sp³-hybridized carbons (Fsp3) is 0.375. The van der Waals surface area contributed by atoms with E-state index >= 15 is 0 Å². The third-order valence-electron chi connectivity index (χ3n) is 3.93. The zero-order valence-electron chi connectivity index (χ0n) is 13.6. The molecule has 118 valence electrons. The second-order valence-corrected chi connectivity index (χ2v) is 5.31. The van der Waals surface area contributed by atoms with E-state index in [0.717, 1.165) is 5.56 Å². The number of carboxylic acids is 1. The first-order valence-corrected chi connectivity index (χ1v) is 7.16. The summed E-state index contributed by atoms with van der Waals surface area (Å²) in [5.74, 6) is -1.45. The standard InChI is InChI=1S/C14H14N2O3.C2H6O.K/c1-7-10-6-11(17)16(10)13(14(18)19)12(7)8-2-4-9(15)5-3-8;1-2-3;/h2-5,7,10H,6,15H2,1H3,(H,18,19);3H,2H2,1H3;/q;;+1/p-1. The molecule has 2 atom stereocenters. The predicted octanol–water partition coefficient (Wildman–Crippen LogP) is -3.02. The Morgan fingerprint density at radius 3 is 2.35 bits per heavy atom. The Morgan fingerprint density at radius 2 is 1.91 bits per heavy atom. The Labute approximate surface area is 177 Å². The van der Waals surface area contributed by atoms with E-state index in [1.807, 2.05) is 6.92 Å². The van der Waals surface area contributed by atoms with Crippen molar-refractivity contribution < 1.29 is 71.2 Å². The molecule has 1 aromatic rings. The summed E-state index contributed by atoms with van der Waals surface area (Å²) in [6.07, 6.45) is 0.399. The number of β-lactam (4-membered cyclic amide) rings is 1. The van der Waals surface area contributed by atoms with Crippen molar-refractivity contribution in [2.24, 2.45) is 5.92 Å². The second kappa shape index (κ2) is 8.41. The van der Waals surface area contributed by atoms with E-state index < -0.39 is 5.97 Å². The van der Waals surface area contributed by atoms with Gasteiger partial charge in [-0.1, -0.05) is 19.1 Å². The maximum Gasteiger partial charge on any atom is 1.00 e. The number of carbonyl (C=O) groups is 2. The van der Waals surface area contributed by atoms with Gasteiger partial charge in [0.25, 0.3) is 0 Å². The Bertz CT molecular complexity index is 627. The molecule has 0 radical (unpaired) electrons. The number of carbonyl (C=O) groups excluding carboxylic acids is 2. The van der Waals surface area contributed by atoms with Crippen LogP contribution < -0.4 is 62.2 Å². The van der Waals surface area contributed by atoms with Crippen LogP contribution in [0.1, 0.15) is 25.8 Å². The average molecular weight is 342 g/mol. The number of aliphatic carboxylic acids is 1. The third-order valence-corrected chi connectivity index (χ3v) is 3.93. The molecular formula is C16H19KN2O4. The number of nitrogen functional groups attached to an aromatic ring is 1. The Balaban J connectivity index is 0.000000615. The van der Waals surface area contributed by atoms with E-state index in [2.05, 4.69) is 0 Å². The number of aliphatic hydroxyl groups excluding tert-OH is 1. The minimum atomic E-state index is -1.30. The minimum absolute atomic E-state index is 0. The third kappa shape index (κ3) is 3.86. The first-order valence-electron chi connectivity index (χ1n) is 7.16. The van der Waals surface area contributed by atoms with Crippen LogP contribution in [0.25, 0.3) is 5.57 Å². The summed E-state index contributed by atoms with van der Waals surface area (Å²) in [4.78, 5) is 24.3. The summed E-state index contributed by atoms with van der Waals surface area (Å²) in [7, 11) is 0. The van der Waals surface area contributed by atoms with Crippen LogP contribution in [0.2, 0.25) is 0 Å². The van der Waals surface area contributed by atoms with Crippen molar-refractivity contribution in [2.45, 2.75) is 26.3 Å². The van der Waals surface area contributed by atoms with Gasteiger partial charge < -0.3 is 25.6 Å². The topological polar surface area (TPSA) is 107 Å². The van der Waals surface area contributed by atoms with E-state index in [0.29, 0.717) is 17.7 Å². The number of benzene rings is 1. The van der Waals surface area contributed by atoms with Crippen LogP contribution in [-0.2, 0) is 9.59 Å². The Kier molecular flexibility index (Phi) is 7.44. The molecule has 2 aliphatic heterocycles. The number of nitrogens with zero attached hydrogens (tertiary/aromatic N) is 1. The number of fused-ring (bicyclic) bond motifs is 1. The van der Waals surface area contributed by atoms with Crippen molar-refractivity contribution in [2.75, 3.05) is 12.3 Å². The second-order valence-electron chi connectivity index (χ2n) is 5.31. The number of amides is 1. The largest absolute Gasteiger partial charge is 1.00 e. The van der Waals surface area contributed by atoms with Gasteiger partial charge in [-0.25, -0.2) is 0 Å². The number of aliphatic hydroxyl groups is 1. The molecule has 1 amide bonds. The van der Waals surface area contributed by atoms with Crippen molar-refractivity contribution in [3.8, 4) is 0 Å². The zero-order valence-corrected chi connectivity index (χ0v) is 16.7. The number of nitrogens with two attached hydrogens (primary N) is 1. The summed E-state index contributed by atoms with van der Waals surface area (Å²) < 4.78 is 0. The molecule has 2 unspecified atom stereocenters. The van der Waals surface area contributed by atoms with Gasteiger partial charge in [-0.3, -0.25) is 4.79 Å². The monoisotopic (exact) mass is 342 g/mol. The van der Waals surface area contributed by atoms with Crippen LogP contribution in [-0.4, -0.2) is 34.5 Å². The van der Waals surface area contributed by atoms with Gasteiger partial charge in [0.05, 0.1) is 17.7 Å². The van der Waals surface area contributed by atoms with Gasteiger partial charge in [-0.2, -0.15) is 0 Å². The smallest absolute Gasteiger partial charge is 0.543 e. The molecule has 0 bridgehead atoms. The van der Waals surface area contributed by atoms with E-state index in [9.17, 15) is 14.7 Å². The molecule has 6 nitrogen and oxygen atoms in total. The molecule has 0 spiro atoms. The number of hydrogen-bond acceptors (Lipinski definition) is 5. The van der Waals surface area contributed by atoms with Gasteiger partial charge in [-0.15, -0.1) is 0 Å². The Morgan fingerprint density at radius 1 is 1.39 bits per heavy atom. The van der Waals surface area contributed by atoms with Crippen LogP contribution in [0.4, 0.5) is 5.69 Å². The number of rotatable bonds is 2. The summed E-state index contributed by atoms with van der Waals surface area (Å²) in [6, 6.07) is 6.95. The van der Waals surface area contributed by atoms with E-state index in [4.69, 9.17) is 10.8 Å². The van der Waals surface area contributed by atoms with Crippen molar-refractivity contribution in [3.63, 3.8) is 0 Å². The number of carboxylic acid groups (broad SMARTS) is 1. The summed E-state index contributed by atoms with van der Waals surface area (Å²) in [5, 5.41) is 18.9. The van der Waals surface area contributed by atoms with Crippen LogP contribution in [0.5, 0.6) is 0 Å². The number of anilines is 1. The van der Waals surface area contributed by atoms with Crippen LogP contribution >= 0.6 is 0 Å². The fourth-order valence-electron chi connectivity index (χ4n) is 2.94. The van der Waals surface area contributed by atoms with Crippen LogP contribution in [0.15, 0.2) is 30.0 Å². The van der Waals surface area contributed by atoms with Crippen LogP contribution in [0.3, 0.4) is 0 Å². The van der Waals surface area contributed by atoms with Crippen molar-refractivity contribution in [1.29, 1.82) is 0 Å². The fourth-order valence-corrected chi connectivity index (χ4v) is 2.94. The van der Waals surface area contributed by atoms with Gasteiger partial charge in [0.15, 0.2) is 0 Å². The summed E-state index contributed by atoms with van der Waals surface area (Å²) in [5.41, 5.74) is 7.71. The van der Waals surface area contributed by atoms with E-state index in [1.165, 1.54) is 4.90 Å². The number of hydrogen-bond donors (Lipinski definition) is 2. The maximum absolute atomic E-state index is 11.6. The van der Waals surface area contributed by atoms with Crippen molar-refractivity contribution in [3.05, 3.63) is 35.5 Å². The normalized spacial score (nSPS) is 21.7. The van der Waals surface area contributed by atoms with E-state index in [1.54, 1.807) is 31.2 Å². The maximum atomic E-state index is 11.6. The Hall–Kier alpha value is -0.704. The van der Waals surface area contributed by atoms with Gasteiger partial charge in [-0.05, 0) is 30.2 Å². The van der Waals surface area contributed by atoms with Gasteiger partial charge in [0.2, 0.25) is 5.91 Å². The molecule has 23 heavy (non-hydrogen) atoms. The van der Waals surface area contributed by atoms with Crippen molar-refractivity contribution in [1.82, 2.24) is 4.90 Å². The molecule has 7 heteroatoms. The first kappa shape index (κ1) is 20.3. The molecule has 3 rings (SSSR count). The molecule has 1 aromatic carbocycles. The predicted molar refractivity (Wildman–Crippen MR) is 80.0 cm³/mol. The van der Waals surface area contributed by atoms with Gasteiger partial charge in [0, 0.05) is 24.6 Å². The molecule has 3 N–H and O–H groups in total. The van der Waals surface area contributed by atoms with Crippen LogP contribution in [0, 0.1) is 5.92 Å².